The molecule has 1 N–H and O–H groups in total. The lowest BCUT2D eigenvalue weighted by Crippen LogP contribution is -2.29. The summed E-state index contributed by atoms with van der Waals surface area (Å²) in [5.41, 5.74) is 0.930. The predicted octanol–water partition coefficient (Wildman–Crippen LogP) is 3.56. The maximum atomic E-state index is 11.8. The van der Waals surface area contributed by atoms with Crippen molar-refractivity contribution in [2.75, 3.05) is 6.61 Å². The lowest BCUT2D eigenvalue weighted by molar-refractivity contribution is -0.151. The van der Waals surface area contributed by atoms with E-state index in [0.717, 1.165) is 5.56 Å². The van der Waals surface area contributed by atoms with Crippen LogP contribution in [-0.4, -0.2) is 24.7 Å². The van der Waals surface area contributed by atoms with Gasteiger partial charge in [0.05, 0.1) is 6.61 Å². The molecular weight excluding hydrogens is 290 g/mol. The van der Waals surface area contributed by atoms with Crippen LogP contribution in [0.2, 0.25) is 5.02 Å². The standard InChI is InChI=1S/C16H24ClNO3/c1-5-14(16(19)20-6-2)21-15-8-7-13(17)9-12(15)10-18-11(3)4/h7-9,11,14,18H,5-6,10H2,1-4H3. The number of hydrogen-bond donors (Lipinski definition) is 1. The first-order valence-electron chi connectivity index (χ1n) is 7.33. The molecule has 4 nitrogen and oxygen atoms in total. The number of ether oxygens (including phenoxy) is 2. The summed E-state index contributed by atoms with van der Waals surface area (Å²) in [5.74, 6) is 0.324. The van der Waals surface area contributed by atoms with Crippen LogP contribution in [0.5, 0.6) is 5.75 Å². The van der Waals surface area contributed by atoms with E-state index < -0.39 is 6.10 Å². The van der Waals surface area contributed by atoms with Gasteiger partial charge in [-0.15, -0.1) is 0 Å². The molecular formula is C16H24ClNO3. The van der Waals surface area contributed by atoms with Crippen LogP contribution in [0.15, 0.2) is 18.2 Å². The Morgan fingerprint density at radius 1 is 1.33 bits per heavy atom. The number of halogens is 1. The maximum Gasteiger partial charge on any atom is 0.347 e. The van der Waals surface area contributed by atoms with Crippen LogP contribution in [0, 0.1) is 0 Å². The first-order valence-corrected chi connectivity index (χ1v) is 7.70. The van der Waals surface area contributed by atoms with Crippen molar-refractivity contribution in [3.8, 4) is 5.75 Å². The zero-order chi connectivity index (χ0) is 15.8. The quantitative estimate of drug-likeness (QED) is 0.745. The van der Waals surface area contributed by atoms with Crippen molar-refractivity contribution in [2.45, 2.75) is 52.8 Å². The Bertz CT molecular complexity index is 463. The van der Waals surface area contributed by atoms with Crippen molar-refractivity contribution in [1.29, 1.82) is 0 Å². The number of carbonyl (C=O) groups is 1. The Kier molecular flexibility index (Phi) is 7.54. The van der Waals surface area contributed by atoms with Gasteiger partial charge in [0.25, 0.3) is 0 Å². The minimum Gasteiger partial charge on any atom is -0.478 e. The zero-order valence-electron chi connectivity index (χ0n) is 13.1. The van der Waals surface area contributed by atoms with Crippen LogP contribution in [0.1, 0.15) is 39.7 Å². The summed E-state index contributed by atoms with van der Waals surface area (Å²) in [6, 6.07) is 5.75. The van der Waals surface area contributed by atoms with Gasteiger partial charge in [-0.3, -0.25) is 0 Å². The highest BCUT2D eigenvalue weighted by molar-refractivity contribution is 6.30. The Hall–Kier alpha value is -1.26. The Morgan fingerprint density at radius 3 is 2.62 bits per heavy atom. The first-order chi connectivity index (χ1) is 9.97. The molecule has 1 unspecified atom stereocenters. The van der Waals surface area contributed by atoms with Gasteiger partial charge in [-0.2, -0.15) is 0 Å². The molecule has 0 spiro atoms. The van der Waals surface area contributed by atoms with E-state index in [9.17, 15) is 4.79 Å². The van der Waals surface area contributed by atoms with E-state index in [1.807, 2.05) is 13.0 Å². The molecule has 1 aromatic rings. The fraction of sp³-hybridized carbons (Fsp3) is 0.562. The molecule has 0 bridgehead atoms. The van der Waals surface area contributed by atoms with Crippen molar-refractivity contribution in [1.82, 2.24) is 5.32 Å². The number of hydrogen-bond acceptors (Lipinski definition) is 4. The van der Waals surface area contributed by atoms with Crippen LogP contribution < -0.4 is 10.1 Å². The van der Waals surface area contributed by atoms with Crippen LogP contribution in [0.25, 0.3) is 0 Å². The number of benzene rings is 1. The molecule has 0 aliphatic rings. The van der Waals surface area contributed by atoms with E-state index in [4.69, 9.17) is 21.1 Å². The third-order valence-corrected chi connectivity index (χ3v) is 3.15. The van der Waals surface area contributed by atoms with Crippen molar-refractivity contribution in [3.05, 3.63) is 28.8 Å². The molecule has 0 heterocycles. The first kappa shape index (κ1) is 17.8. The second-order valence-corrected chi connectivity index (χ2v) is 5.49. The van der Waals surface area contributed by atoms with Gasteiger partial charge in [0.15, 0.2) is 6.10 Å². The predicted molar refractivity (Wildman–Crippen MR) is 84.8 cm³/mol. The van der Waals surface area contributed by atoms with Crippen molar-refractivity contribution in [2.24, 2.45) is 0 Å². The van der Waals surface area contributed by atoms with Gasteiger partial charge < -0.3 is 14.8 Å². The van der Waals surface area contributed by atoms with E-state index >= 15 is 0 Å². The third-order valence-electron chi connectivity index (χ3n) is 2.91. The summed E-state index contributed by atoms with van der Waals surface area (Å²) < 4.78 is 10.8. The molecule has 0 saturated heterocycles. The molecule has 5 heteroatoms. The number of rotatable bonds is 8. The molecule has 21 heavy (non-hydrogen) atoms. The highest BCUT2D eigenvalue weighted by Crippen LogP contribution is 2.25. The van der Waals surface area contributed by atoms with Crippen LogP contribution in [0.4, 0.5) is 0 Å². The van der Waals surface area contributed by atoms with Crippen molar-refractivity contribution >= 4 is 17.6 Å². The summed E-state index contributed by atoms with van der Waals surface area (Å²) in [6.07, 6.45) is -0.0395. The largest absolute Gasteiger partial charge is 0.478 e. The van der Waals surface area contributed by atoms with E-state index in [0.29, 0.717) is 36.4 Å². The number of carbonyl (C=O) groups excluding carboxylic acids is 1. The van der Waals surface area contributed by atoms with Crippen LogP contribution >= 0.6 is 11.6 Å². The SMILES string of the molecule is CCOC(=O)C(CC)Oc1ccc(Cl)cc1CNC(C)C. The minimum absolute atomic E-state index is 0.335. The second-order valence-electron chi connectivity index (χ2n) is 5.05. The van der Waals surface area contributed by atoms with Gasteiger partial charge in [-0.25, -0.2) is 4.79 Å². The van der Waals surface area contributed by atoms with Gasteiger partial charge in [0.2, 0.25) is 0 Å². The smallest absolute Gasteiger partial charge is 0.347 e. The molecule has 0 aromatic heterocycles. The molecule has 118 valence electrons. The van der Waals surface area contributed by atoms with Crippen molar-refractivity contribution < 1.29 is 14.3 Å². The zero-order valence-corrected chi connectivity index (χ0v) is 13.9. The molecule has 0 aliphatic heterocycles. The molecule has 1 aromatic carbocycles. The summed E-state index contributed by atoms with van der Waals surface area (Å²) in [5, 5.41) is 3.97. The topological polar surface area (TPSA) is 47.6 Å². The van der Waals surface area contributed by atoms with Crippen LogP contribution in [-0.2, 0) is 16.1 Å². The third kappa shape index (κ3) is 5.94. The molecule has 0 saturated carbocycles. The average Bonchev–Trinajstić information content (AvgIpc) is 2.44. The fourth-order valence-corrected chi connectivity index (χ4v) is 2.00. The van der Waals surface area contributed by atoms with Gasteiger partial charge in [-0.1, -0.05) is 32.4 Å². The summed E-state index contributed by atoms with van der Waals surface area (Å²) in [7, 11) is 0. The second kappa shape index (κ2) is 8.90. The van der Waals surface area contributed by atoms with Gasteiger partial charge in [-0.05, 0) is 31.5 Å². The van der Waals surface area contributed by atoms with E-state index in [-0.39, 0.29) is 5.97 Å². The number of esters is 1. The summed E-state index contributed by atoms with van der Waals surface area (Å²) >= 11 is 6.04. The lowest BCUT2D eigenvalue weighted by atomic mass is 10.1. The van der Waals surface area contributed by atoms with Gasteiger partial charge in [0.1, 0.15) is 5.75 Å². The molecule has 0 radical (unpaired) electrons. The molecule has 0 fully saturated rings. The normalized spacial score (nSPS) is 12.3. The molecule has 0 aliphatic carbocycles. The lowest BCUT2D eigenvalue weighted by Gasteiger charge is -2.19. The monoisotopic (exact) mass is 313 g/mol. The van der Waals surface area contributed by atoms with Gasteiger partial charge >= 0.3 is 5.97 Å². The Labute approximate surface area is 131 Å². The van der Waals surface area contributed by atoms with Crippen LogP contribution in [0.3, 0.4) is 0 Å². The van der Waals surface area contributed by atoms with E-state index in [1.54, 1.807) is 19.1 Å². The molecule has 0 amide bonds. The van der Waals surface area contributed by atoms with E-state index in [1.165, 1.54) is 0 Å². The fourth-order valence-electron chi connectivity index (χ4n) is 1.80. The highest BCUT2D eigenvalue weighted by atomic mass is 35.5. The molecule has 1 rings (SSSR count). The average molecular weight is 314 g/mol. The Morgan fingerprint density at radius 2 is 2.05 bits per heavy atom. The highest BCUT2D eigenvalue weighted by Gasteiger charge is 2.21. The minimum atomic E-state index is -0.594. The van der Waals surface area contributed by atoms with Crippen molar-refractivity contribution in [3.63, 3.8) is 0 Å². The molecule has 1 atom stereocenters. The maximum absolute atomic E-state index is 11.8. The summed E-state index contributed by atoms with van der Waals surface area (Å²) in [4.78, 5) is 11.8. The summed E-state index contributed by atoms with van der Waals surface area (Å²) in [6.45, 7) is 8.79. The Balaban J connectivity index is 2.87. The number of nitrogens with one attached hydrogen (secondary N) is 1. The van der Waals surface area contributed by atoms with E-state index in [2.05, 4.69) is 19.2 Å². The van der Waals surface area contributed by atoms with Gasteiger partial charge in [0, 0.05) is 23.2 Å².